The van der Waals surface area contributed by atoms with Crippen LogP contribution in [0.15, 0.2) is 90.1 Å². The molecule has 0 bridgehead atoms. The van der Waals surface area contributed by atoms with Crippen LogP contribution in [0.4, 0.5) is 4.79 Å². The Bertz CT molecular complexity index is 1580. The number of amides is 4. The van der Waals surface area contributed by atoms with Gasteiger partial charge in [0.1, 0.15) is 6.04 Å². The zero-order valence-electron chi connectivity index (χ0n) is 26.5. The molecule has 2 unspecified atom stereocenters. The molecular weight excluding hydrogens is 562 g/mol. The SMILES string of the molecule is CCN1C(=O)NC(c2ccc(C)cc2C)C2=C1CN(C(Cc1ccccc1)C(=O)NC1CCN(Cc3ccccc3)CC1)C2=O. The molecule has 0 aliphatic carbocycles. The van der Waals surface area contributed by atoms with Gasteiger partial charge in [-0.3, -0.25) is 19.4 Å². The van der Waals surface area contributed by atoms with Gasteiger partial charge in [-0.1, -0.05) is 84.4 Å². The number of aryl methyl sites for hydroxylation is 2. The minimum atomic E-state index is -0.707. The molecule has 3 aromatic rings. The molecule has 0 aromatic heterocycles. The minimum Gasteiger partial charge on any atom is -0.351 e. The Morgan fingerprint density at radius 2 is 1.60 bits per heavy atom. The first-order valence-electron chi connectivity index (χ1n) is 16.1. The summed E-state index contributed by atoms with van der Waals surface area (Å²) in [6.07, 6.45) is 2.11. The van der Waals surface area contributed by atoms with Crippen LogP contribution in [0.25, 0.3) is 0 Å². The van der Waals surface area contributed by atoms with Gasteiger partial charge in [-0.2, -0.15) is 0 Å². The van der Waals surface area contributed by atoms with Gasteiger partial charge in [0, 0.05) is 38.6 Å². The van der Waals surface area contributed by atoms with Gasteiger partial charge in [0.2, 0.25) is 5.91 Å². The predicted molar refractivity (Wildman–Crippen MR) is 175 cm³/mol. The Morgan fingerprint density at radius 1 is 0.933 bits per heavy atom. The van der Waals surface area contributed by atoms with E-state index in [2.05, 4.69) is 45.9 Å². The first kappa shape index (κ1) is 30.6. The van der Waals surface area contributed by atoms with E-state index in [4.69, 9.17) is 0 Å². The monoisotopic (exact) mass is 605 g/mol. The zero-order chi connectivity index (χ0) is 31.5. The fraction of sp³-hybridized carbons (Fsp3) is 0.378. The van der Waals surface area contributed by atoms with Crippen molar-refractivity contribution in [1.82, 2.24) is 25.3 Å². The summed E-state index contributed by atoms with van der Waals surface area (Å²) in [5.41, 5.74) is 6.56. The number of hydrogen-bond acceptors (Lipinski definition) is 4. The Morgan fingerprint density at radius 3 is 2.24 bits per heavy atom. The first-order valence-corrected chi connectivity index (χ1v) is 16.1. The number of carbonyl (C=O) groups excluding carboxylic acids is 3. The molecule has 3 aliphatic rings. The highest BCUT2D eigenvalue weighted by Gasteiger charge is 2.47. The van der Waals surface area contributed by atoms with Crippen molar-refractivity contribution in [3.05, 3.63) is 118 Å². The maximum Gasteiger partial charge on any atom is 0.322 e. The van der Waals surface area contributed by atoms with Crippen molar-refractivity contribution in [1.29, 1.82) is 0 Å². The smallest absolute Gasteiger partial charge is 0.322 e. The lowest BCUT2D eigenvalue weighted by molar-refractivity contribution is -0.137. The summed E-state index contributed by atoms with van der Waals surface area (Å²) in [5, 5.41) is 6.42. The van der Waals surface area contributed by atoms with Crippen molar-refractivity contribution in [2.24, 2.45) is 0 Å². The number of piperidine rings is 1. The van der Waals surface area contributed by atoms with Gasteiger partial charge in [-0.25, -0.2) is 4.79 Å². The van der Waals surface area contributed by atoms with Crippen LogP contribution in [0.3, 0.4) is 0 Å². The van der Waals surface area contributed by atoms with E-state index in [1.807, 2.05) is 69.3 Å². The average Bonchev–Trinajstić information content (AvgIpc) is 3.38. The van der Waals surface area contributed by atoms with E-state index in [1.165, 1.54) is 5.56 Å². The van der Waals surface area contributed by atoms with Gasteiger partial charge in [-0.15, -0.1) is 0 Å². The van der Waals surface area contributed by atoms with Crippen LogP contribution in [0.5, 0.6) is 0 Å². The van der Waals surface area contributed by atoms with Crippen LogP contribution in [0, 0.1) is 13.8 Å². The maximum absolute atomic E-state index is 14.4. The summed E-state index contributed by atoms with van der Waals surface area (Å²) in [6.45, 7) is 9.31. The summed E-state index contributed by atoms with van der Waals surface area (Å²) in [7, 11) is 0. The molecular formula is C37H43N5O3. The fourth-order valence-corrected chi connectivity index (χ4v) is 7.04. The second-order valence-corrected chi connectivity index (χ2v) is 12.5. The maximum atomic E-state index is 14.4. The van der Waals surface area contributed by atoms with Gasteiger partial charge in [0.15, 0.2) is 0 Å². The van der Waals surface area contributed by atoms with Crippen molar-refractivity contribution in [2.45, 2.75) is 64.7 Å². The molecule has 234 valence electrons. The summed E-state index contributed by atoms with van der Waals surface area (Å²) in [6, 6.07) is 25.0. The number of benzene rings is 3. The summed E-state index contributed by atoms with van der Waals surface area (Å²) in [4.78, 5) is 47.6. The Kier molecular flexibility index (Phi) is 9.03. The third-order valence-electron chi connectivity index (χ3n) is 9.44. The minimum absolute atomic E-state index is 0.0430. The largest absolute Gasteiger partial charge is 0.351 e. The van der Waals surface area contributed by atoms with Crippen molar-refractivity contribution < 1.29 is 14.4 Å². The second-order valence-electron chi connectivity index (χ2n) is 12.5. The Balaban J connectivity index is 1.23. The van der Waals surface area contributed by atoms with Crippen molar-refractivity contribution in [3.63, 3.8) is 0 Å². The number of rotatable bonds is 9. The number of hydrogen-bond donors (Lipinski definition) is 2. The third kappa shape index (κ3) is 6.52. The molecule has 3 aliphatic heterocycles. The van der Waals surface area contributed by atoms with Gasteiger partial charge >= 0.3 is 6.03 Å². The Labute approximate surface area is 266 Å². The lowest BCUT2D eigenvalue weighted by Gasteiger charge is -2.34. The topological polar surface area (TPSA) is 85.0 Å². The van der Waals surface area contributed by atoms with Gasteiger partial charge < -0.3 is 15.5 Å². The van der Waals surface area contributed by atoms with Crippen LogP contribution >= 0.6 is 0 Å². The van der Waals surface area contributed by atoms with Crippen LogP contribution < -0.4 is 10.6 Å². The molecule has 0 radical (unpaired) electrons. The normalized spacial score (nSPS) is 19.8. The van der Waals surface area contributed by atoms with Crippen molar-refractivity contribution in [3.8, 4) is 0 Å². The van der Waals surface area contributed by atoms with E-state index in [9.17, 15) is 14.4 Å². The van der Waals surface area contributed by atoms with E-state index < -0.39 is 12.1 Å². The number of nitrogens with one attached hydrogen (secondary N) is 2. The molecule has 1 fully saturated rings. The first-order chi connectivity index (χ1) is 21.8. The van der Waals surface area contributed by atoms with Gasteiger partial charge in [0.05, 0.1) is 23.9 Å². The lowest BCUT2D eigenvalue weighted by atomic mass is 9.91. The molecule has 1 saturated heterocycles. The van der Waals surface area contributed by atoms with Crippen LogP contribution in [0.1, 0.15) is 53.6 Å². The molecule has 8 heteroatoms. The number of likely N-dealkylation sites (tertiary alicyclic amines) is 1. The van der Waals surface area contributed by atoms with Crippen LogP contribution in [-0.2, 0) is 22.6 Å². The highest BCUT2D eigenvalue weighted by Crippen LogP contribution is 2.38. The van der Waals surface area contributed by atoms with Crippen molar-refractivity contribution in [2.75, 3.05) is 26.2 Å². The highest BCUT2D eigenvalue weighted by molar-refractivity contribution is 6.03. The number of likely N-dealkylation sites (N-methyl/N-ethyl adjacent to an activating group) is 1. The zero-order valence-corrected chi connectivity index (χ0v) is 26.5. The molecule has 2 atom stereocenters. The third-order valence-corrected chi connectivity index (χ3v) is 9.44. The molecule has 6 rings (SSSR count). The van der Waals surface area contributed by atoms with E-state index in [1.54, 1.807) is 9.80 Å². The fourth-order valence-electron chi connectivity index (χ4n) is 7.04. The lowest BCUT2D eigenvalue weighted by Crippen LogP contribution is -2.53. The summed E-state index contributed by atoms with van der Waals surface area (Å²) in [5.74, 6) is -0.332. The predicted octanol–water partition coefficient (Wildman–Crippen LogP) is 4.88. The summed E-state index contributed by atoms with van der Waals surface area (Å²) >= 11 is 0. The molecule has 3 heterocycles. The molecule has 3 aromatic carbocycles. The standard InChI is InChI=1S/C37H43N5O3/c1-4-41-32-24-42(36(44)33(32)34(39-37(41)45)30-16-15-25(2)21-26(30)3)31(22-27-11-7-5-8-12-27)35(43)38-29-17-19-40(20-18-29)23-28-13-9-6-10-14-28/h5-16,21,29,31,34H,4,17-20,22-24H2,1-3H3,(H,38,43)(H,39,45). The van der Waals surface area contributed by atoms with Crippen molar-refractivity contribution >= 4 is 17.8 Å². The quantitative estimate of drug-likeness (QED) is 0.364. The van der Waals surface area contributed by atoms with Crippen LogP contribution in [0.2, 0.25) is 0 Å². The van der Waals surface area contributed by atoms with E-state index >= 15 is 0 Å². The number of nitrogens with zero attached hydrogens (tertiary/aromatic N) is 3. The van der Waals surface area contributed by atoms with E-state index in [0.717, 1.165) is 54.7 Å². The van der Waals surface area contributed by atoms with E-state index in [-0.39, 0.29) is 30.4 Å². The average molecular weight is 606 g/mol. The number of carbonyl (C=O) groups is 3. The summed E-state index contributed by atoms with van der Waals surface area (Å²) < 4.78 is 0. The van der Waals surface area contributed by atoms with Gasteiger partial charge in [0.25, 0.3) is 5.91 Å². The second kappa shape index (κ2) is 13.3. The Hall–Kier alpha value is -4.43. The molecule has 45 heavy (non-hydrogen) atoms. The van der Waals surface area contributed by atoms with Gasteiger partial charge in [-0.05, 0) is 55.9 Å². The molecule has 0 saturated carbocycles. The number of urea groups is 1. The molecule has 8 nitrogen and oxygen atoms in total. The van der Waals surface area contributed by atoms with Crippen LogP contribution in [-0.4, -0.2) is 70.8 Å². The molecule has 4 amide bonds. The molecule has 2 N–H and O–H groups in total. The molecule has 0 spiro atoms. The van der Waals surface area contributed by atoms with E-state index in [0.29, 0.717) is 24.2 Å². The highest BCUT2D eigenvalue weighted by atomic mass is 16.2.